The number of aliphatic hydroxyl groups is 1. The summed E-state index contributed by atoms with van der Waals surface area (Å²) in [4.78, 5) is 34.9. The normalized spacial score (nSPS) is 12.9. The van der Waals surface area contributed by atoms with Crippen LogP contribution >= 0.6 is 11.3 Å². The summed E-state index contributed by atoms with van der Waals surface area (Å²) in [5.41, 5.74) is 1.89. The van der Waals surface area contributed by atoms with Crippen molar-refractivity contribution >= 4 is 28.8 Å². The van der Waals surface area contributed by atoms with Crippen molar-refractivity contribution in [1.82, 2.24) is 10.8 Å². The molecule has 0 aliphatic carbocycles. The average Bonchev–Trinajstić information content (AvgIpc) is 3.08. The molecule has 1 aromatic carbocycles. The maximum absolute atomic E-state index is 12.2. The Morgan fingerprint density at radius 2 is 2.00 bits per heavy atom. The average molecular weight is 365 g/mol. The van der Waals surface area contributed by atoms with Crippen LogP contribution in [0.3, 0.4) is 0 Å². The van der Waals surface area contributed by atoms with Crippen molar-refractivity contribution in [3.05, 3.63) is 51.4 Å². The number of nitro benzene ring substituents is 1. The summed E-state index contributed by atoms with van der Waals surface area (Å²) in [6.45, 7) is 1.29. The monoisotopic (exact) mass is 365 g/mol. The first-order valence-electron chi connectivity index (χ1n) is 7.11. The van der Waals surface area contributed by atoms with E-state index in [2.05, 4.69) is 5.32 Å². The highest BCUT2D eigenvalue weighted by atomic mass is 32.1. The van der Waals surface area contributed by atoms with Gasteiger partial charge in [0.1, 0.15) is 6.04 Å². The Morgan fingerprint density at radius 1 is 1.28 bits per heavy atom. The van der Waals surface area contributed by atoms with E-state index in [0.717, 1.165) is 11.3 Å². The van der Waals surface area contributed by atoms with Crippen molar-refractivity contribution in [3.8, 4) is 10.4 Å². The fourth-order valence-electron chi connectivity index (χ4n) is 2.07. The number of thiophene rings is 1. The topological polar surface area (TPSA) is 142 Å². The van der Waals surface area contributed by atoms with Gasteiger partial charge in [-0.1, -0.05) is 12.1 Å². The lowest BCUT2D eigenvalue weighted by Crippen LogP contribution is -2.51. The Balaban J connectivity index is 2.20. The van der Waals surface area contributed by atoms with Crippen LogP contribution in [0.2, 0.25) is 0 Å². The van der Waals surface area contributed by atoms with E-state index >= 15 is 0 Å². The summed E-state index contributed by atoms with van der Waals surface area (Å²) < 4.78 is 0. The fraction of sp³-hybridized carbons (Fsp3) is 0.200. The molecule has 2 atom stereocenters. The SMILES string of the molecule is CC(O)C(NC(=O)c1ccc(-c2cccc([N+](=O)[O-])c2)s1)C(=O)NO. The van der Waals surface area contributed by atoms with Crippen molar-refractivity contribution in [1.29, 1.82) is 0 Å². The molecule has 2 unspecified atom stereocenters. The minimum absolute atomic E-state index is 0.0642. The van der Waals surface area contributed by atoms with E-state index in [0.29, 0.717) is 10.4 Å². The number of carbonyl (C=O) groups excluding carboxylic acids is 2. The standard InChI is InChI=1S/C15H15N3O6S/c1-8(19)13(15(21)17-22)16-14(20)12-6-5-11(25-12)9-3-2-4-10(7-9)18(23)24/h2-8,13,19,22H,1H3,(H,16,20)(H,17,21). The molecular formula is C15H15N3O6S. The number of rotatable bonds is 6. The first-order valence-corrected chi connectivity index (χ1v) is 7.92. The molecule has 0 fully saturated rings. The fourth-order valence-corrected chi connectivity index (χ4v) is 2.98. The van der Waals surface area contributed by atoms with Crippen LogP contribution < -0.4 is 10.8 Å². The number of non-ortho nitro benzene ring substituents is 1. The number of hydrogen-bond acceptors (Lipinski definition) is 7. The Labute approximate surface area is 146 Å². The van der Waals surface area contributed by atoms with Gasteiger partial charge in [0.2, 0.25) is 0 Å². The second-order valence-electron chi connectivity index (χ2n) is 5.14. The summed E-state index contributed by atoms with van der Waals surface area (Å²) in [5, 5.41) is 31.3. The molecule has 2 aromatic rings. The zero-order valence-electron chi connectivity index (χ0n) is 13.0. The number of nitrogens with one attached hydrogen (secondary N) is 2. The Kier molecular flexibility index (Phi) is 5.80. The molecule has 2 amide bonds. The van der Waals surface area contributed by atoms with Gasteiger partial charge in [0.25, 0.3) is 17.5 Å². The lowest BCUT2D eigenvalue weighted by molar-refractivity contribution is -0.384. The van der Waals surface area contributed by atoms with Crippen molar-refractivity contribution in [3.63, 3.8) is 0 Å². The van der Waals surface area contributed by atoms with E-state index in [1.54, 1.807) is 18.2 Å². The van der Waals surface area contributed by atoms with E-state index in [4.69, 9.17) is 5.21 Å². The summed E-state index contributed by atoms with van der Waals surface area (Å²) >= 11 is 1.08. The van der Waals surface area contributed by atoms with Crippen LogP contribution in [0.4, 0.5) is 5.69 Å². The highest BCUT2D eigenvalue weighted by Gasteiger charge is 2.26. The Hall–Kier alpha value is -2.82. The number of nitro groups is 1. The quantitative estimate of drug-likeness (QED) is 0.345. The summed E-state index contributed by atoms with van der Waals surface area (Å²) in [5.74, 6) is -1.56. The number of carbonyl (C=O) groups is 2. The third-order valence-corrected chi connectivity index (χ3v) is 4.47. The highest BCUT2D eigenvalue weighted by Crippen LogP contribution is 2.30. The van der Waals surface area contributed by atoms with E-state index < -0.39 is 28.9 Å². The zero-order chi connectivity index (χ0) is 18.6. The van der Waals surface area contributed by atoms with E-state index in [-0.39, 0.29) is 10.6 Å². The van der Waals surface area contributed by atoms with Crippen LogP contribution in [0.1, 0.15) is 16.6 Å². The van der Waals surface area contributed by atoms with Gasteiger partial charge in [0.05, 0.1) is 15.9 Å². The van der Waals surface area contributed by atoms with E-state index in [1.165, 1.54) is 30.6 Å². The van der Waals surface area contributed by atoms with Gasteiger partial charge in [-0.15, -0.1) is 11.3 Å². The minimum atomic E-state index is -1.32. The van der Waals surface area contributed by atoms with Crippen LogP contribution in [0.25, 0.3) is 10.4 Å². The molecule has 1 aromatic heterocycles. The second kappa shape index (κ2) is 7.83. The van der Waals surface area contributed by atoms with Gasteiger partial charge in [0.15, 0.2) is 0 Å². The van der Waals surface area contributed by atoms with Gasteiger partial charge >= 0.3 is 0 Å². The third kappa shape index (κ3) is 4.38. The molecule has 132 valence electrons. The predicted octanol–water partition coefficient (Wildman–Crippen LogP) is 1.31. The van der Waals surface area contributed by atoms with Crippen LogP contribution in [0.15, 0.2) is 36.4 Å². The first-order chi connectivity index (χ1) is 11.8. The van der Waals surface area contributed by atoms with Gasteiger partial charge in [-0.3, -0.25) is 24.9 Å². The molecule has 4 N–H and O–H groups in total. The van der Waals surface area contributed by atoms with Gasteiger partial charge in [-0.25, -0.2) is 5.48 Å². The lowest BCUT2D eigenvalue weighted by Gasteiger charge is -2.18. The number of benzene rings is 1. The maximum atomic E-state index is 12.2. The molecule has 0 aliphatic rings. The van der Waals surface area contributed by atoms with Gasteiger partial charge in [-0.05, 0) is 24.6 Å². The zero-order valence-corrected chi connectivity index (χ0v) is 13.8. The molecule has 0 saturated heterocycles. The van der Waals surface area contributed by atoms with Gasteiger partial charge < -0.3 is 10.4 Å². The molecule has 0 spiro atoms. The lowest BCUT2D eigenvalue weighted by atomic mass is 10.1. The molecule has 10 heteroatoms. The van der Waals surface area contributed by atoms with Crippen molar-refractivity contribution < 1.29 is 24.8 Å². The number of amides is 2. The molecule has 0 aliphatic heterocycles. The molecule has 0 saturated carbocycles. The third-order valence-electron chi connectivity index (χ3n) is 3.33. The molecule has 25 heavy (non-hydrogen) atoms. The molecule has 2 rings (SSSR count). The van der Waals surface area contributed by atoms with Crippen LogP contribution in [-0.2, 0) is 4.79 Å². The van der Waals surface area contributed by atoms with E-state index in [9.17, 15) is 24.8 Å². The van der Waals surface area contributed by atoms with Crippen LogP contribution in [0, 0.1) is 10.1 Å². The number of hydroxylamine groups is 1. The number of hydrogen-bond donors (Lipinski definition) is 4. The number of nitrogens with zero attached hydrogens (tertiary/aromatic N) is 1. The summed E-state index contributed by atoms with van der Waals surface area (Å²) in [7, 11) is 0. The molecular weight excluding hydrogens is 350 g/mol. The number of aliphatic hydroxyl groups excluding tert-OH is 1. The van der Waals surface area contributed by atoms with E-state index in [1.807, 2.05) is 0 Å². The van der Waals surface area contributed by atoms with Gasteiger partial charge in [0, 0.05) is 17.0 Å². The molecule has 1 heterocycles. The highest BCUT2D eigenvalue weighted by molar-refractivity contribution is 7.17. The predicted molar refractivity (Wildman–Crippen MR) is 89.3 cm³/mol. The maximum Gasteiger partial charge on any atom is 0.270 e. The smallest absolute Gasteiger partial charge is 0.270 e. The Bertz CT molecular complexity index is 804. The first kappa shape index (κ1) is 18.5. The summed E-state index contributed by atoms with van der Waals surface area (Å²) in [6, 6.07) is 7.80. The van der Waals surface area contributed by atoms with Crippen LogP contribution in [0.5, 0.6) is 0 Å². The summed E-state index contributed by atoms with van der Waals surface area (Å²) in [6.07, 6.45) is -1.22. The molecule has 0 radical (unpaired) electrons. The second-order valence-corrected chi connectivity index (χ2v) is 6.22. The van der Waals surface area contributed by atoms with Crippen LogP contribution in [-0.4, -0.2) is 39.2 Å². The Morgan fingerprint density at radius 3 is 2.60 bits per heavy atom. The van der Waals surface area contributed by atoms with Crippen molar-refractivity contribution in [2.45, 2.75) is 19.1 Å². The largest absolute Gasteiger partial charge is 0.391 e. The minimum Gasteiger partial charge on any atom is -0.391 e. The van der Waals surface area contributed by atoms with Gasteiger partial charge in [-0.2, -0.15) is 0 Å². The van der Waals surface area contributed by atoms with Crippen molar-refractivity contribution in [2.75, 3.05) is 0 Å². The van der Waals surface area contributed by atoms with Crippen molar-refractivity contribution in [2.24, 2.45) is 0 Å². The molecule has 0 bridgehead atoms. The molecule has 9 nitrogen and oxygen atoms in total.